The number of para-hydroxylation sites is 2. The number of thiophene rings is 1. The van der Waals surface area contributed by atoms with Gasteiger partial charge in [0.05, 0.1) is 41.7 Å². The predicted molar refractivity (Wildman–Crippen MR) is 168 cm³/mol. The molecule has 0 radical (unpaired) electrons. The van der Waals surface area contributed by atoms with Crippen LogP contribution < -0.4 is 15.4 Å². The zero-order valence-corrected chi connectivity index (χ0v) is 26.3. The molecule has 2 aromatic carbocycles. The minimum Gasteiger partial charge on any atom is -0.495 e. The highest BCUT2D eigenvalue weighted by Gasteiger charge is 2.30. The van der Waals surface area contributed by atoms with Crippen LogP contribution in [-0.2, 0) is 28.9 Å². The van der Waals surface area contributed by atoms with E-state index < -0.39 is 22.0 Å². The molecule has 2 aromatic heterocycles. The third kappa shape index (κ3) is 6.83. The topological polar surface area (TPSA) is 168 Å². The van der Waals surface area contributed by atoms with E-state index in [1.807, 2.05) is 12.1 Å². The number of nitro groups is 1. The fraction of sp³-hybridized carbons (Fsp3) is 0.300. The Bertz CT molecular complexity index is 1750. The lowest BCUT2D eigenvalue weighted by Crippen LogP contribution is -2.25. The number of hydrogen-bond acceptors (Lipinski definition) is 11. The number of nitrogens with zero attached hydrogens (tertiary/aromatic N) is 4. The second-order valence-electron chi connectivity index (χ2n) is 9.92. The number of non-ortho nitro benzene ring substituents is 1. The van der Waals surface area contributed by atoms with Gasteiger partial charge < -0.3 is 20.1 Å². The standard InChI is InChI=1S/C30H30N6O7S2/c1-4-43-29(39)25-20-8-7-11-23(20)45-28(25)32-26(37)17(2)44-30-34-33-24(35(30)21-9-5-6-10-22(21)42-3)16-31-27(38)18-12-14-19(15-13-18)36(40)41/h5-6,9-10,12-15,17H,4,7-8,11,16H2,1-3H3,(H,31,38)(H,32,37)/t17-/m0/s1. The quantitative estimate of drug-likeness (QED) is 0.0926. The summed E-state index contributed by atoms with van der Waals surface area (Å²) in [6.45, 7) is 3.67. The lowest BCUT2D eigenvalue weighted by atomic mass is 10.1. The van der Waals surface area contributed by atoms with Crippen LogP contribution in [-0.4, -0.2) is 56.4 Å². The number of aromatic nitrogens is 3. The number of nitrogens with one attached hydrogen (secondary N) is 2. The van der Waals surface area contributed by atoms with Gasteiger partial charge in [0.15, 0.2) is 11.0 Å². The third-order valence-corrected chi connectivity index (χ3v) is 9.31. The summed E-state index contributed by atoms with van der Waals surface area (Å²) in [6.07, 6.45) is 2.59. The lowest BCUT2D eigenvalue weighted by molar-refractivity contribution is -0.384. The number of ether oxygens (including phenoxy) is 2. The van der Waals surface area contributed by atoms with Crippen LogP contribution in [0.2, 0.25) is 0 Å². The first-order valence-corrected chi connectivity index (χ1v) is 15.8. The normalized spacial score (nSPS) is 12.7. The van der Waals surface area contributed by atoms with Gasteiger partial charge in [-0.25, -0.2) is 4.79 Å². The van der Waals surface area contributed by atoms with Crippen molar-refractivity contribution in [3.8, 4) is 11.4 Å². The van der Waals surface area contributed by atoms with E-state index in [2.05, 4.69) is 20.8 Å². The number of amides is 2. The van der Waals surface area contributed by atoms with Crippen molar-refractivity contribution in [1.82, 2.24) is 20.1 Å². The van der Waals surface area contributed by atoms with E-state index in [0.717, 1.165) is 41.5 Å². The second-order valence-corrected chi connectivity index (χ2v) is 12.3. The maximum atomic E-state index is 13.4. The second kappa shape index (κ2) is 13.9. The van der Waals surface area contributed by atoms with E-state index >= 15 is 0 Å². The first-order chi connectivity index (χ1) is 21.7. The number of fused-ring (bicyclic) bond motifs is 1. The molecule has 0 bridgehead atoms. The predicted octanol–water partition coefficient (Wildman–Crippen LogP) is 4.96. The summed E-state index contributed by atoms with van der Waals surface area (Å²) in [6, 6.07) is 12.5. The van der Waals surface area contributed by atoms with Gasteiger partial charge in [0, 0.05) is 22.6 Å². The van der Waals surface area contributed by atoms with Crippen LogP contribution in [0.1, 0.15) is 57.2 Å². The monoisotopic (exact) mass is 650 g/mol. The number of aryl methyl sites for hydroxylation is 1. The van der Waals surface area contributed by atoms with E-state index in [0.29, 0.717) is 33.0 Å². The van der Waals surface area contributed by atoms with Crippen molar-refractivity contribution in [2.24, 2.45) is 0 Å². The van der Waals surface area contributed by atoms with Gasteiger partial charge in [-0.15, -0.1) is 21.5 Å². The van der Waals surface area contributed by atoms with Crippen molar-refractivity contribution >= 4 is 51.6 Å². The number of hydrogen-bond donors (Lipinski definition) is 2. The maximum absolute atomic E-state index is 13.4. The molecule has 15 heteroatoms. The molecule has 13 nitrogen and oxygen atoms in total. The molecule has 0 spiro atoms. The Balaban J connectivity index is 1.37. The maximum Gasteiger partial charge on any atom is 0.341 e. The largest absolute Gasteiger partial charge is 0.495 e. The van der Waals surface area contributed by atoms with Crippen LogP contribution in [0, 0.1) is 10.1 Å². The van der Waals surface area contributed by atoms with E-state index in [1.165, 1.54) is 42.7 Å². The summed E-state index contributed by atoms with van der Waals surface area (Å²) in [5.74, 6) is -0.339. The summed E-state index contributed by atoms with van der Waals surface area (Å²) in [5, 5.41) is 25.5. The van der Waals surface area contributed by atoms with Gasteiger partial charge in [0.1, 0.15) is 10.8 Å². The van der Waals surface area contributed by atoms with Crippen molar-refractivity contribution in [3.63, 3.8) is 0 Å². The van der Waals surface area contributed by atoms with Crippen molar-refractivity contribution in [3.05, 3.63) is 86.0 Å². The van der Waals surface area contributed by atoms with Crippen LogP contribution in [0.3, 0.4) is 0 Å². The van der Waals surface area contributed by atoms with E-state index in [1.54, 1.807) is 30.5 Å². The van der Waals surface area contributed by atoms with Crippen molar-refractivity contribution in [2.75, 3.05) is 19.0 Å². The molecule has 5 rings (SSSR count). The summed E-state index contributed by atoms with van der Waals surface area (Å²) in [5.41, 5.74) is 2.10. The van der Waals surface area contributed by atoms with Gasteiger partial charge in [-0.2, -0.15) is 0 Å². The molecule has 0 saturated carbocycles. The first-order valence-electron chi connectivity index (χ1n) is 14.1. The number of carbonyl (C=O) groups excluding carboxylic acids is 3. The number of nitro benzene ring substituents is 1. The molecular weight excluding hydrogens is 620 g/mol. The fourth-order valence-corrected chi connectivity index (χ4v) is 7.04. The Hall–Kier alpha value is -4.76. The van der Waals surface area contributed by atoms with Crippen LogP contribution in [0.25, 0.3) is 5.69 Å². The molecule has 1 atom stereocenters. The zero-order valence-electron chi connectivity index (χ0n) is 24.7. The number of rotatable bonds is 12. The van der Waals surface area contributed by atoms with Crippen molar-refractivity contribution in [1.29, 1.82) is 0 Å². The average Bonchev–Trinajstić information content (AvgIpc) is 3.74. The van der Waals surface area contributed by atoms with Gasteiger partial charge in [-0.1, -0.05) is 23.9 Å². The number of anilines is 1. The molecule has 1 aliphatic rings. The van der Waals surface area contributed by atoms with Crippen molar-refractivity contribution < 1.29 is 28.8 Å². The van der Waals surface area contributed by atoms with Gasteiger partial charge in [0.25, 0.3) is 11.6 Å². The Kier molecular flexibility index (Phi) is 9.78. The van der Waals surface area contributed by atoms with Gasteiger partial charge in [0.2, 0.25) is 5.91 Å². The number of methoxy groups -OCH3 is 1. The number of carbonyl (C=O) groups is 3. The van der Waals surface area contributed by atoms with E-state index in [4.69, 9.17) is 9.47 Å². The third-order valence-electron chi connectivity index (χ3n) is 7.06. The molecule has 0 saturated heterocycles. The van der Waals surface area contributed by atoms with Gasteiger partial charge in [-0.05, 0) is 62.9 Å². The summed E-state index contributed by atoms with van der Waals surface area (Å²) in [4.78, 5) is 50.5. The Labute approximate surface area is 266 Å². The molecule has 0 aliphatic heterocycles. The molecule has 4 aromatic rings. The molecule has 2 N–H and O–H groups in total. The van der Waals surface area contributed by atoms with E-state index in [9.17, 15) is 24.5 Å². The Morgan fingerprint density at radius 1 is 1.13 bits per heavy atom. The van der Waals surface area contributed by atoms with Crippen LogP contribution >= 0.6 is 23.1 Å². The van der Waals surface area contributed by atoms with E-state index in [-0.39, 0.29) is 30.3 Å². The molecule has 2 heterocycles. The minimum absolute atomic E-state index is 0.0361. The molecule has 234 valence electrons. The molecule has 1 aliphatic carbocycles. The highest BCUT2D eigenvalue weighted by Crippen LogP contribution is 2.40. The SMILES string of the molecule is CCOC(=O)c1c(NC(=O)[C@H](C)Sc2nnc(CNC(=O)c3ccc([N+](=O)[O-])cc3)n2-c2ccccc2OC)sc2c1CCC2. The number of thioether (sulfide) groups is 1. The number of esters is 1. The Morgan fingerprint density at radius 3 is 2.60 bits per heavy atom. The fourth-order valence-electron chi connectivity index (χ4n) is 4.88. The van der Waals surface area contributed by atoms with Crippen LogP contribution in [0.4, 0.5) is 10.7 Å². The highest BCUT2D eigenvalue weighted by atomic mass is 32.2. The van der Waals surface area contributed by atoms with Gasteiger partial charge in [-0.3, -0.25) is 24.3 Å². The molecule has 2 amide bonds. The zero-order chi connectivity index (χ0) is 32.1. The summed E-state index contributed by atoms with van der Waals surface area (Å²) in [7, 11) is 1.53. The molecule has 0 fully saturated rings. The van der Waals surface area contributed by atoms with Gasteiger partial charge >= 0.3 is 5.97 Å². The highest BCUT2D eigenvalue weighted by molar-refractivity contribution is 8.00. The summed E-state index contributed by atoms with van der Waals surface area (Å²) >= 11 is 2.56. The summed E-state index contributed by atoms with van der Waals surface area (Å²) < 4.78 is 12.6. The minimum atomic E-state index is -0.655. The average molecular weight is 651 g/mol. The van der Waals surface area contributed by atoms with Crippen molar-refractivity contribution in [2.45, 2.75) is 50.1 Å². The number of benzene rings is 2. The molecule has 0 unspecified atom stereocenters. The smallest absolute Gasteiger partial charge is 0.341 e. The lowest BCUT2D eigenvalue weighted by Gasteiger charge is -2.16. The molecule has 45 heavy (non-hydrogen) atoms. The first kappa shape index (κ1) is 31.7. The van der Waals surface area contributed by atoms with Crippen LogP contribution in [0.15, 0.2) is 53.7 Å². The Morgan fingerprint density at radius 2 is 1.89 bits per heavy atom. The molecular formula is C30H30N6O7S2. The van der Waals surface area contributed by atoms with Crippen LogP contribution in [0.5, 0.6) is 5.75 Å².